The molecule has 0 saturated carbocycles. The van der Waals surface area contributed by atoms with Crippen LogP contribution in [-0.4, -0.2) is 34.9 Å². The summed E-state index contributed by atoms with van der Waals surface area (Å²) in [6.45, 7) is 0. The van der Waals surface area contributed by atoms with Crippen molar-refractivity contribution in [3.05, 3.63) is 23.8 Å². The Labute approximate surface area is 100 Å². The van der Waals surface area contributed by atoms with Crippen LogP contribution in [0.25, 0.3) is 0 Å². The van der Waals surface area contributed by atoms with Crippen LogP contribution in [0.15, 0.2) is 23.1 Å². The van der Waals surface area contributed by atoms with Crippen molar-refractivity contribution < 1.29 is 22.7 Å². The molecule has 0 N–H and O–H groups in total. The fourth-order valence-corrected chi connectivity index (χ4v) is 2.33. The molecule has 0 aliphatic heterocycles. The third kappa shape index (κ3) is 3.20. The van der Waals surface area contributed by atoms with Crippen molar-refractivity contribution in [2.45, 2.75) is 11.3 Å². The molecule has 94 valence electrons. The second-order valence-electron chi connectivity index (χ2n) is 3.47. The van der Waals surface area contributed by atoms with Crippen molar-refractivity contribution in [1.82, 2.24) is 0 Å². The number of ether oxygens (including phenoxy) is 2. The van der Waals surface area contributed by atoms with Crippen molar-refractivity contribution in [3.63, 3.8) is 0 Å². The fourth-order valence-electron chi connectivity index (χ4n) is 1.45. The second kappa shape index (κ2) is 5.18. The van der Waals surface area contributed by atoms with E-state index in [0.29, 0.717) is 5.56 Å². The van der Waals surface area contributed by atoms with Crippen LogP contribution in [-0.2, 0) is 25.8 Å². The summed E-state index contributed by atoms with van der Waals surface area (Å²) in [7, 11) is -0.749. The van der Waals surface area contributed by atoms with E-state index in [4.69, 9.17) is 4.74 Å². The van der Waals surface area contributed by atoms with Crippen molar-refractivity contribution in [2.24, 2.45) is 0 Å². The number of carbonyl (C=O) groups excluding carboxylic acids is 1. The zero-order chi connectivity index (χ0) is 13.1. The first-order valence-corrected chi connectivity index (χ1v) is 6.72. The molecule has 0 radical (unpaired) electrons. The molecule has 0 heterocycles. The number of carbonyl (C=O) groups is 1. The van der Waals surface area contributed by atoms with E-state index in [1.54, 1.807) is 12.1 Å². The molecular weight excluding hydrogens is 244 g/mol. The van der Waals surface area contributed by atoms with E-state index in [1.165, 1.54) is 20.3 Å². The normalized spacial score (nSPS) is 11.0. The Morgan fingerprint density at radius 2 is 1.94 bits per heavy atom. The van der Waals surface area contributed by atoms with Gasteiger partial charge in [0.2, 0.25) is 0 Å². The second-order valence-corrected chi connectivity index (χ2v) is 5.46. The highest BCUT2D eigenvalue weighted by Crippen LogP contribution is 2.28. The standard InChI is InChI=1S/C11H14O5S/c1-15-10(12)7-8-5-4-6-9(11(8)16-2)17(3,13)14/h4-6H,7H2,1-3H3. The average Bonchev–Trinajstić information content (AvgIpc) is 2.27. The van der Waals surface area contributed by atoms with E-state index < -0.39 is 15.8 Å². The Bertz CT molecular complexity index is 519. The summed E-state index contributed by atoms with van der Waals surface area (Å²) in [5.41, 5.74) is 0.488. The molecule has 0 unspecified atom stereocenters. The van der Waals surface area contributed by atoms with Gasteiger partial charge >= 0.3 is 5.97 Å². The Morgan fingerprint density at radius 3 is 2.41 bits per heavy atom. The molecule has 0 atom stereocenters. The maximum absolute atomic E-state index is 11.5. The molecule has 0 fully saturated rings. The van der Waals surface area contributed by atoms with Crippen molar-refractivity contribution in [2.75, 3.05) is 20.5 Å². The smallest absolute Gasteiger partial charge is 0.310 e. The number of methoxy groups -OCH3 is 2. The number of sulfone groups is 1. The first-order valence-electron chi connectivity index (χ1n) is 4.83. The predicted octanol–water partition coefficient (Wildman–Crippen LogP) is 0.814. The van der Waals surface area contributed by atoms with Gasteiger partial charge in [-0.3, -0.25) is 4.79 Å². The summed E-state index contributed by atoms with van der Waals surface area (Å²) < 4.78 is 32.6. The van der Waals surface area contributed by atoms with Gasteiger partial charge in [0.1, 0.15) is 10.6 Å². The highest BCUT2D eigenvalue weighted by Gasteiger charge is 2.18. The highest BCUT2D eigenvalue weighted by molar-refractivity contribution is 7.90. The summed E-state index contributed by atoms with van der Waals surface area (Å²) in [5, 5.41) is 0. The molecule has 1 aromatic carbocycles. The highest BCUT2D eigenvalue weighted by atomic mass is 32.2. The largest absolute Gasteiger partial charge is 0.495 e. The third-order valence-electron chi connectivity index (χ3n) is 2.23. The Morgan fingerprint density at radius 1 is 1.29 bits per heavy atom. The maximum Gasteiger partial charge on any atom is 0.310 e. The van der Waals surface area contributed by atoms with Crippen LogP contribution >= 0.6 is 0 Å². The van der Waals surface area contributed by atoms with Crippen LogP contribution in [0.2, 0.25) is 0 Å². The SMILES string of the molecule is COC(=O)Cc1cccc(S(C)(=O)=O)c1OC. The molecule has 0 aromatic heterocycles. The molecule has 5 nitrogen and oxygen atoms in total. The quantitative estimate of drug-likeness (QED) is 0.748. The number of esters is 1. The Kier molecular flexibility index (Phi) is 4.11. The van der Waals surface area contributed by atoms with E-state index in [1.807, 2.05) is 0 Å². The molecule has 0 amide bonds. The minimum atomic E-state index is -3.39. The first kappa shape index (κ1) is 13.5. The molecule has 0 aliphatic carbocycles. The van der Waals surface area contributed by atoms with E-state index in [-0.39, 0.29) is 17.1 Å². The lowest BCUT2D eigenvalue weighted by Crippen LogP contribution is -2.08. The molecule has 6 heteroatoms. The lowest BCUT2D eigenvalue weighted by atomic mass is 10.1. The molecular formula is C11H14O5S. The van der Waals surface area contributed by atoms with E-state index >= 15 is 0 Å². The van der Waals surface area contributed by atoms with Gasteiger partial charge in [-0.15, -0.1) is 0 Å². The molecule has 0 aliphatic rings. The summed E-state index contributed by atoms with van der Waals surface area (Å²) in [6, 6.07) is 4.64. The summed E-state index contributed by atoms with van der Waals surface area (Å²) in [6.07, 6.45) is 1.07. The number of benzene rings is 1. The first-order chi connectivity index (χ1) is 7.90. The molecule has 17 heavy (non-hydrogen) atoms. The van der Waals surface area contributed by atoms with Crippen LogP contribution in [0.1, 0.15) is 5.56 Å². The predicted molar refractivity (Wildman–Crippen MR) is 61.8 cm³/mol. The molecule has 1 aromatic rings. The van der Waals surface area contributed by atoms with Gasteiger partial charge in [-0.2, -0.15) is 0 Å². The minimum Gasteiger partial charge on any atom is -0.495 e. The van der Waals surface area contributed by atoms with Gasteiger partial charge in [0.05, 0.1) is 20.6 Å². The van der Waals surface area contributed by atoms with Crippen LogP contribution in [0, 0.1) is 0 Å². The van der Waals surface area contributed by atoms with Crippen molar-refractivity contribution >= 4 is 15.8 Å². The molecule has 1 rings (SSSR count). The number of hydrogen-bond donors (Lipinski definition) is 0. The van der Waals surface area contributed by atoms with E-state index in [2.05, 4.69) is 4.74 Å². The topological polar surface area (TPSA) is 69.7 Å². The molecule has 0 spiro atoms. The summed E-state index contributed by atoms with van der Waals surface area (Å²) >= 11 is 0. The zero-order valence-electron chi connectivity index (χ0n) is 9.89. The zero-order valence-corrected chi connectivity index (χ0v) is 10.7. The van der Waals surface area contributed by atoms with Gasteiger partial charge < -0.3 is 9.47 Å². The van der Waals surface area contributed by atoms with Crippen LogP contribution in [0.4, 0.5) is 0 Å². The number of para-hydroxylation sites is 1. The lowest BCUT2D eigenvalue weighted by molar-refractivity contribution is -0.139. The third-order valence-corrected chi connectivity index (χ3v) is 3.35. The van der Waals surface area contributed by atoms with Crippen molar-refractivity contribution in [1.29, 1.82) is 0 Å². The molecule has 0 saturated heterocycles. The summed E-state index contributed by atoms with van der Waals surface area (Å²) in [5.74, 6) is -0.255. The van der Waals surface area contributed by atoms with Gasteiger partial charge in [0, 0.05) is 11.8 Å². The lowest BCUT2D eigenvalue weighted by Gasteiger charge is -2.11. The van der Waals surface area contributed by atoms with Gasteiger partial charge in [-0.1, -0.05) is 12.1 Å². The van der Waals surface area contributed by atoms with Crippen molar-refractivity contribution in [3.8, 4) is 5.75 Å². The Hall–Kier alpha value is -1.56. The van der Waals surface area contributed by atoms with Gasteiger partial charge in [-0.25, -0.2) is 8.42 Å². The average molecular weight is 258 g/mol. The van der Waals surface area contributed by atoms with Gasteiger partial charge in [-0.05, 0) is 6.07 Å². The number of hydrogen-bond acceptors (Lipinski definition) is 5. The minimum absolute atomic E-state index is 0.0248. The van der Waals surface area contributed by atoms with Crippen LogP contribution < -0.4 is 4.74 Å². The summed E-state index contributed by atoms with van der Waals surface area (Å²) in [4.78, 5) is 11.3. The van der Waals surface area contributed by atoms with E-state index in [9.17, 15) is 13.2 Å². The van der Waals surface area contributed by atoms with Crippen LogP contribution in [0.5, 0.6) is 5.75 Å². The Balaban J connectivity index is 3.29. The maximum atomic E-state index is 11.5. The molecule has 0 bridgehead atoms. The van der Waals surface area contributed by atoms with E-state index in [0.717, 1.165) is 6.26 Å². The number of rotatable bonds is 4. The van der Waals surface area contributed by atoms with Crippen LogP contribution in [0.3, 0.4) is 0 Å². The fraction of sp³-hybridized carbons (Fsp3) is 0.364. The monoisotopic (exact) mass is 258 g/mol. The van der Waals surface area contributed by atoms with Gasteiger partial charge in [0.25, 0.3) is 0 Å². The van der Waals surface area contributed by atoms with Gasteiger partial charge in [0.15, 0.2) is 9.84 Å².